The van der Waals surface area contributed by atoms with Gasteiger partial charge in [-0.25, -0.2) is 0 Å². The molecule has 16 heavy (non-hydrogen) atoms. The highest BCUT2D eigenvalue weighted by Gasteiger charge is 2.28. The smallest absolute Gasteiger partial charge is 0.223 e. The van der Waals surface area contributed by atoms with Crippen LogP contribution in [0.2, 0.25) is 0 Å². The van der Waals surface area contributed by atoms with E-state index in [2.05, 4.69) is 10.6 Å². The molecule has 92 valence electrons. The van der Waals surface area contributed by atoms with Crippen LogP contribution in [-0.2, 0) is 9.59 Å². The van der Waals surface area contributed by atoms with E-state index in [0.29, 0.717) is 13.0 Å². The number of amides is 2. The average molecular weight is 226 g/mol. The van der Waals surface area contributed by atoms with Gasteiger partial charge in [-0.2, -0.15) is 0 Å². The average Bonchev–Trinajstić information content (AvgIpc) is 3.07. The molecule has 0 spiro atoms. The van der Waals surface area contributed by atoms with Crippen molar-refractivity contribution in [3.05, 3.63) is 0 Å². The van der Waals surface area contributed by atoms with Gasteiger partial charge in [0.15, 0.2) is 0 Å². The highest BCUT2D eigenvalue weighted by atomic mass is 16.2. The van der Waals surface area contributed by atoms with Crippen molar-refractivity contribution in [2.45, 2.75) is 52.0 Å². The quantitative estimate of drug-likeness (QED) is 0.641. The lowest BCUT2D eigenvalue weighted by Crippen LogP contribution is -2.33. The summed E-state index contributed by atoms with van der Waals surface area (Å²) in [4.78, 5) is 22.6. The Kier molecular flexibility index (Phi) is 5.29. The molecule has 2 amide bonds. The first kappa shape index (κ1) is 13.0. The molecular weight excluding hydrogens is 204 g/mol. The Bertz CT molecular complexity index is 249. The molecule has 0 saturated heterocycles. The monoisotopic (exact) mass is 226 g/mol. The van der Waals surface area contributed by atoms with Gasteiger partial charge in [-0.15, -0.1) is 0 Å². The summed E-state index contributed by atoms with van der Waals surface area (Å²) in [6.07, 6.45) is 4.22. The molecule has 0 aromatic rings. The van der Waals surface area contributed by atoms with Crippen LogP contribution in [-0.4, -0.2) is 24.4 Å². The summed E-state index contributed by atoms with van der Waals surface area (Å²) in [5.74, 6) is 0.492. The topological polar surface area (TPSA) is 58.2 Å². The largest absolute Gasteiger partial charge is 0.356 e. The third kappa shape index (κ3) is 5.14. The van der Waals surface area contributed by atoms with Gasteiger partial charge in [-0.1, -0.05) is 6.92 Å². The summed E-state index contributed by atoms with van der Waals surface area (Å²) < 4.78 is 0. The Labute approximate surface area is 97.2 Å². The van der Waals surface area contributed by atoms with Crippen LogP contribution in [0.4, 0.5) is 0 Å². The number of rotatable bonds is 7. The molecule has 0 aromatic heterocycles. The summed E-state index contributed by atoms with van der Waals surface area (Å²) in [7, 11) is 0. The zero-order valence-electron chi connectivity index (χ0n) is 10.2. The van der Waals surface area contributed by atoms with Crippen molar-refractivity contribution < 1.29 is 9.59 Å². The molecule has 0 aromatic carbocycles. The van der Waals surface area contributed by atoms with Crippen LogP contribution in [0.15, 0.2) is 0 Å². The van der Waals surface area contributed by atoms with E-state index in [-0.39, 0.29) is 23.8 Å². The molecule has 1 atom stereocenters. The molecule has 0 bridgehead atoms. The maximum absolute atomic E-state index is 11.4. The standard InChI is InChI=1S/C12H22N2O2/c1-3-9(2)14-11(15)5-4-8-13-12(16)10-6-7-10/h9-10H,3-8H2,1-2H3,(H,13,16)(H,14,15). The van der Waals surface area contributed by atoms with Crippen molar-refractivity contribution >= 4 is 11.8 Å². The normalized spacial score (nSPS) is 16.6. The summed E-state index contributed by atoms with van der Waals surface area (Å²) in [6, 6.07) is 0.244. The molecule has 1 rings (SSSR count). The Balaban J connectivity index is 1.97. The van der Waals surface area contributed by atoms with Crippen molar-refractivity contribution in [3.8, 4) is 0 Å². The minimum Gasteiger partial charge on any atom is -0.356 e. The van der Waals surface area contributed by atoms with Crippen molar-refractivity contribution in [2.75, 3.05) is 6.54 Å². The van der Waals surface area contributed by atoms with E-state index in [1.165, 1.54) is 0 Å². The zero-order chi connectivity index (χ0) is 12.0. The third-order valence-corrected chi connectivity index (χ3v) is 2.85. The first-order valence-electron chi connectivity index (χ1n) is 6.20. The molecule has 4 nitrogen and oxygen atoms in total. The first-order valence-corrected chi connectivity index (χ1v) is 6.20. The van der Waals surface area contributed by atoms with E-state index < -0.39 is 0 Å². The van der Waals surface area contributed by atoms with Crippen LogP contribution in [0, 0.1) is 5.92 Å². The zero-order valence-corrected chi connectivity index (χ0v) is 10.2. The molecule has 0 aliphatic heterocycles. The van der Waals surface area contributed by atoms with Crippen LogP contribution in [0.3, 0.4) is 0 Å². The fourth-order valence-corrected chi connectivity index (χ4v) is 1.40. The molecular formula is C12H22N2O2. The van der Waals surface area contributed by atoms with Gasteiger partial charge in [0.2, 0.25) is 11.8 Å². The lowest BCUT2D eigenvalue weighted by Gasteiger charge is -2.11. The molecule has 1 aliphatic carbocycles. The van der Waals surface area contributed by atoms with Gasteiger partial charge < -0.3 is 10.6 Å². The summed E-state index contributed by atoms with van der Waals surface area (Å²) in [5.41, 5.74) is 0. The second-order valence-electron chi connectivity index (χ2n) is 4.55. The highest BCUT2D eigenvalue weighted by molar-refractivity contribution is 5.81. The number of carbonyl (C=O) groups excluding carboxylic acids is 2. The number of nitrogens with one attached hydrogen (secondary N) is 2. The van der Waals surface area contributed by atoms with E-state index in [9.17, 15) is 9.59 Å². The van der Waals surface area contributed by atoms with E-state index in [4.69, 9.17) is 0 Å². The van der Waals surface area contributed by atoms with E-state index >= 15 is 0 Å². The number of hydrogen-bond acceptors (Lipinski definition) is 2. The van der Waals surface area contributed by atoms with Gasteiger partial charge >= 0.3 is 0 Å². The van der Waals surface area contributed by atoms with Gasteiger partial charge in [0.1, 0.15) is 0 Å². The summed E-state index contributed by atoms with van der Waals surface area (Å²) in [5, 5.41) is 5.75. The molecule has 0 radical (unpaired) electrons. The predicted molar refractivity (Wildman–Crippen MR) is 62.9 cm³/mol. The van der Waals surface area contributed by atoms with Crippen molar-refractivity contribution in [1.29, 1.82) is 0 Å². The molecule has 1 fully saturated rings. The Morgan fingerprint density at radius 3 is 2.62 bits per heavy atom. The molecule has 1 saturated carbocycles. The lowest BCUT2D eigenvalue weighted by molar-refractivity contribution is -0.123. The maximum atomic E-state index is 11.4. The molecule has 1 aliphatic rings. The fourth-order valence-electron chi connectivity index (χ4n) is 1.40. The number of carbonyl (C=O) groups is 2. The van der Waals surface area contributed by atoms with Crippen molar-refractivity contribution in [1.82, 2.24) is 10.6 Å². The van der Waals surface area contributed by atoms with E-state index in [1.54, 1.807) is 0 Å². The maximum Gasteiger partial charge on any atom is 0.223 e. The van der Waals surface area contributed by atoms with Crippen LogP contribution < -0.4 is 10.6 Å². The minimum atomic E-state index is 0.0787. The predicted octanol–water partition coefficient (Wildman–Crippen LogP) is 1.21. The second-order valence-corrected chi connectivity index (χ2v) is 4.55. The first-order chi connectivity index (χ1) is 7.63. The minimum absolute atomic E-state index is 0.0787. The molecule has 0 heterocycles. The molecule has 4 heteroatoms. The third-order valence-electron chi connectivity index (χ3n) is 2.85. The fraction of sp³-hybridized carbons (Fsp3) is 0.833. The van der Waals surface area contributed by atoms with Crippen molar-refractivity contribution in [2.24, 2.45) is 5.92 Å². The summed E-state index contributed by atoms with van der Waals surface area (Å²) in [6.45, 7) is 4.65. The molecule has 2 N–H and O–H groups in total. The highest BCUT2D eigenvalue weighted by Crippen LogP contribution is 2.28. The van der Waals surface area contributed by atoms with E-state index in [0.717, 1.165) is 25.7 Å². The Morgan fingerprint density at radius 2 is 2.06 bits per heavy atom. The lowest BCUT2D eigenvalue weighted by atomic mass is 10.2. The van der Waals surface area contributed by atoms with Gasteiger partial charge in [0, 0.05) is 24.9 Å². The van der Waals surface area contributed by atoms with Gasteiger partial charge in [0.25, 0.3) is 0 Å². The van der Waals surface area contributed by atoms with Crippen LogP contribution >= 0.6 is 0 Å². The number of hydrogen-bond donors (Lipinski definition) is 2. The summed E-state index contributed by atoms with van der Waals surface area (Å²) >= 11 is 0. The van der Waals surface area contributed by atoms with Gasteiger partial charge in [-0.05, 0) is 32.6 Å². The molecule has 1 unspecified atom stereocenters. The van der Waals surface area contributed by atoms with Gasteiger partial charge in [-0.3, -0.25) is 9.59 Å². The second kappa shape index (κ2) is 6.51. The Morgan fingerprint density at radius 1 is 1.38 bits per heavy atom. The van der Waals surface area contributed by atoms with Crippen LogP contribution in [0.25, 0.3) is 0 Å². The van der Waals surface area contributed by atoms with E-state index in [1.807, 2.05) is 13.8 Å². The SMILES string of the molecule is CCC(C)NC(=O)CCCNC(=O)C1CC1. The van der Waals surface area contributed by atoms with Crippen LogP contribution in [0.1, 0.15) is 46.0 Å². The van der Waals surface area contributed by atoms with Crippen molar-refractivity contribution in [3.63, 3.8) is 0 Å². The Hall–Kier alpha value is -1.06. The van der Waals surface area contributed by atoms with Gasteiger partial charge in [0.05, 0.1) is 0 Å². The van der Waals surface area contributed by atoms with Crippen LogP contribution in [0.5, 0.6) is 0 Å².